The topological polar surface area (TPSA) is 83.1 Å². The second-order valence-corrected chi connectivity index (χ2v) is 13.7. The second kappa shape index (κ2) is 12.7. The molecule has 1 unspecified atom stereocenters. The number of amides is 1. The first kappa shape index (κ1) is 29.1. The van der Waals surface area contributed by atoms with Crippen molar-refractivity contribution in [1.29, 1.82) is 0 Å². The van der Waals surface area contributed by atoms with Crippen molar-refractivity contribution in [3.05, 3.63) is 53.1 Å². The number of nitrogens with zero attached hydrogens (tertiary/aromatic N) is 4. The first-order valence-electron chi connectivity index (χ1n) is 14.4. The van der Waals surface area contributed by atoms with E-state index in [2.05, 4.69) is 24.0 Å². The van der Waals surface area contributed by atoms with E-state index in [0.29, 0.717) is 23.8 Å². The van der Waals surface area contributed by atoms with Crippen LogP contribution in [-0.4, -0.2) is 80.5 Å². The van der Waals surface area contributed by atoms with Crippen molar-refractivity contribution in [2.75, 3.05) is 50.8 Å². The van der Waals surface area contributed by atoms with Crippen molar-refractivity contribution in [3.8, 4) is 0 Å². The number of hydrogen-bond acceptors (Lipinski definition) is 7. The number of hydrogen-bond donors (Lipinski definition) is 0. The number of benzene rings is 2. The predicted molar refractivity (Wildman–Crippen MR) is 161 cm³/mol. The molecule has 2 aromatic carbocycles. The summed E-state index contributed by atoms with van der Waals surface area (Å²) in [5.74, 6) is -0.162. The predicted octanol–water partition coefficient (Wildman–Crippen LogP) is 5.24. The first-order valence-corrected chi connectivity index (χ1v) is 16.7. The van der Waals surface area contributed by atoms with Crippen molar-refractivity contribution in [2.45, 2.75) is 63.8 Å². The van der Waals surface area contributed by atoms with Crippen molar-refractivity contribution >= 4 is 42.6 Å². The third kappa shape index (κ3) is 6.11. The summed E-state index contributed by atoms with van der Waals surface area (Å²) in [7, 11) is -3.61. The lowest BCUT2D eigenvalue weighted by molar-refractivity contribution is 0.0376. The van der Waals surface area contributed by atoms with Gasteiger partial charge in [-0.05, 0) is 74.9 Å². The molecule has 216 valence electrons. The molecule has 8 nitrogen and oxygen atoms in total. The zero-order valence-corrected chi connectivity index (χ0v) is 25.4. The first-order chi connectivity index (χ1) is 19.3. The summed E-state index contributed by atoms with van der Waals surface area (Å²) in [5, 5.41) is 0.676. The van der Waals surface area contributed by atoms with Crippen LogP contribution in [-0.2, 0) is 14.8 Å². The van der Waals surface area contributed by atoms with Gasteiger partial charge in [0.25, 0.3) is 5.91 Å². The molecule has 0 saturated carbocycles. The third-order valence-electron chi connectivity index (χ3n) is 8.12. The molecule has 40 heavy (non-hydrogen) atoms. The Kier molecular flexibility index (Phi) is 9.21. The number of thiazole rings is 1. The summed E-state index contributed by atoms with van der Waals surface area (Å²) in [6.07, 6.45) is 4.44. The summed E-state index contributed by atoms with van der Waals surface area (Å²) >= 11 is 1.54. The van der Waals surface area contributed by atoms with Gasteiger partial charge in [0, 0.05) is 44.3 Å². The number of morpholine rings is 1. The van der Waals surface area contributed by atoms with E-state index in [1.54, 1.807) is 44.8 Å². The average molecular weight is 585 g/mol. The molecule has 0 N–H and O–H groups in total. The molecule has 0 radical (unpaired) electrons. The highest BCUT2D eigenvalue weighted by Crippen LogP contribution is 2.34. The van der Waals surface area contributed by atoms with E-state index < -0.39 is 10.0 Å². The van der Waals surface area contributed by atoms with E-state index in [4.69, 9.17) is 9.72 Å². The molecule has 1 atom stereocenters. The molecule has 2 aliphatic heterocycles. The fourth-order valence-electron chi connectivity index (χ4n) is 5.68. The van der Waals surface area contributed by atoms with Gasteiger partial charge >= 0.3 is 0 Å². The van der Waals surface area contributed by atoms with Crippen molar-refractivity contribution < 1.29 is 17.9 Å². The number of rotatable bonds is 9. The molecule has 1 aromatic heterocycles. The van der Waals surface area contributed by atoms with Crippen LogP contribution in [0.3, 0.4) is 0 Å². The minimum Gasteiger partial charge on any atom is -0.379 e. The number of anilines is 1. The monoisotopic (exact) mass is 584 g/mol. The fraction of sp³-hybridized carbons (Fsp3) is 0.533. The molecule has 0 aliphatic carbocycles. The Hall–Kier alpha value is -2.37. The van der Waals surface area contributed by atoms with Crippen LogP contribution in [0.15, 0.2) is 41.3 Å². The molecule has 0 bridgehead atoms. The maximum absolute atomic E-state index is 13.9. The van der Waals surface area contributed by atoms with E-state index in [1.807, 2.05) is 13.8 Å². The van der Waals surface area contributed by atoms with Gasteiger partial charge in [0.2, 0.25) is 10.0 Å². The lowest BCUT2D eigenvalue weighted by atomic mass is 10.0. The van der Waals surface area contributed by atoms with Gasteiger partial charge in [0.05, 0.1) is 28.3 Å². The maximum atomic E-state index is 13.9. The van der Waals surface area contributed by atoms with Gasteiger partial charge in [-0.15, -0.1) is 0 Å². The van der Waals surface area contributed by atoms with Gasteiger partial charge in [-0.1, -0.05) is 36.8 Å². The van der Waals surface area contributed by atoms with Crippen LogP contribution < -0.4 is 4.90 Å². The van der Waals surface area contributed by atoms with E-state index >= 15 is 0 Å². The van der Waals surface area contributed by atoms with Crippen molar-refractivity contribution in [2.24, 2.45) is 0 Å². The van der Waals surface area contributed by atoms with Gasteiger partial charge in [0.1, 0.15) is 0 Å². The molecule has 1 amide bonds. The number of sulfonamides is 1. The molecular weight excluding hydrogens is 544 g/mol. The van der Waals surface area contributed by atoms with Crippen LogP contribution in [0, 0.1) is 13.8 Å². The van der Waals surface area contributed by atoms with Crippen molar-refractivity contribution in [3.63, 3.8) is 0 Å². The number of carbonyl (C=O) groups is 1. The van der Waals surface area contributed by atoms with Crippen molar-refractivity contribution in [1.82, 2.24) is 14.2 Å². The zero-order valence-electron chi connectivity index (χ0n) is 23.8. The number of ether oxygens (including phenoxy) is 1. The van der Waals surface area contributed by atoms with Crippen LogP contribution in [0.25, 0.3) is 10.2 Å². The van der Waals surface area contributed by atoms with Gasteiger partial charge in [-0.25, -0.2) is 13.4 Å². The van der Waals surface area contributed by atoms with E-state index in [9.17, 15) is 13.2 Å². The molecule has 3 aromatic rings. The van der Waals surface area contributed by atoms with Crippen LogP contribution in [0.1, 0.15) is 60.5 Å². The van der Waals surface area contributed by atoms with Crippen LogP contribution in [0.4, 0.5) is 5.13 Å². The normalized spacial score (nSPS) is 19.2. The Morgan fingerprint density at radius 3 is 2.48 bits per heavy atom. The van der Waals surface area contributed by atoms with Crippen LogP contribution in [0.2, 0.25) is 0 Å². The third-order valence-corrected chi connectivity index (χ3v) is 11.3. The quantitative estimate of drug-likeness (QED) is 0.342. The molecule has 0 spiro atoms. The summed E-state index contributed by atoms with van der Waals surface area (Å²) in [6.45, 7) is 11.4. The number of carbonyl (C=O) groups excluding carboxylic acids is 1. The van der Waals surface area contributed by atoms with Gasteiger partial charge in [0.15, 0.2) is 5.13 Å². The Balaban J connectivity index is 1.40. The molecule has 10 heteroatoms. The standard InChI is InChI=1S/C30H40N4O4S2/c1-4-25-8-5-6-17-34(25)40(36,37)26-13-11-24(12-14-26)29(35)33(16-7-15-32-18-20-38-21-19-32)30-31-27-22(2)9-10-23(3)28(27)39-30/h9-14,25H,4-8,15-21H2,1-3H3. The van der Waals surface area contributed by atoms with E-state index in [-0.39, 0.29) is 16.8 Å². The zero-order chi connectivity index (χ0) is 28.3. The smallest absolute Gasteiger partial charge is 0.260 e. The lowest BCUT2D eigenvalue weighted by Crippen LogP contribution is -2.43. The summed E-state index contributed by atoms with van der Waals surface area (Å²) in [5.41, 5.74) is 3.62. The molecule has 2 saturated heterocycles. The van der Waals surface area contributed by atoms with Gasteiger partial charge in [-0.3, -0.25) is 14.6 Å². The SMILES string of the molecule is CCC1CCCCN1S(=O)(=O)c1ccc(C(=O)N(CCCN2CCOCC2)c2nc3c(C)ccc(C)c3s2)cc1. The largest absolute Gasteiger partial charge is 0.379 e. The number of aromatic nitrogens is 1. The van der Waals surface area contributed by atoms with E-state index in [0.717, 1.165) is 86.3 Å². The molecule has 2 fully saturated rings. The summed E-state index contributed by atoms with van der Waals surface area (Å²) in [6, 6.07) is 10.7. The summed E-state index contributed by atoms with van der Waals surface area (Å²) < 4.78 is 35.1. The Morgan fingerprint density at radius 1 is 1.05 bits per heavy atom. The summed E-state index contributed by atoms with van der Waals surface area (Å²) in [4.78, 5) is 23.2. The fourth-order valence-corrected chi connectivity index (χ4v) is 8.59. The Bertz CT molecular complexity index is 1390. The Labute approximate surface area is 242 Å². The highest BCUT2D eigenvalue weighted by atomic mass is 32.2. The van der Waals surface area contributed by atoms with E-state index in [1.165, 1.54) is 0 Å². The highest BCUT2D eigenvalue weighted by molar-refractivity contribution is 7.89. The lowest BCUT2D eigenvalue weighted by Gasteiger charge is -2.34. The Morgan fingerprint density at radius 2 is 1.77 bits per heavy atom. The minimum atomic E-state index is -3.61. The molecule has 3 heterocycles. The molecule has 2 aliphatic rings. The molecular formula is C30H40N4O4S2. The number of piperidine rings is 1. The number of aryl methyl sites for hydroxylation is 2. The van der Waals surface area contributed by atoms with Gasteiger partial charge in [-0.2, -0.15) is 4.31 Å². The number of fused-ring (bicyclic) bond motifs is 1. The van der Waals surface area contributed by atoms with Crippen LogP contribution >= 0.6 is 11.3 Å². The van der Waals surface area contributed by atoms with Crippen LogP contribution in [0.5, 0.6) is 0 Å². The molecule has 5 rings (SSSR count). The maximum Gasteiger partial charge on any atom is 0.260 e. The minimum absolute atomic E-state index is 0.0352. The second-order valence-electron chi connectivity index (χ2n) is 10.8. The van der Waals surface area contributed by atoms with Gasteiger partial charge < -0.3 is 4.74 Å². The average Bonchev–Trinajstić information content (AvgIpc) is 3.44. The highest BCUT2D eigenvalue weighted by Gasteiger charge is 2.33.